The van der Waals surface area contributed by atoms with E-state index in [-0.39, 0.29) is 31.1 Å². The maximum Gasteiger partial charge on any atom is 0.306 e. The van der Waals surface area contributed by atoms with E-state index in [0.717, 1.165) is 161 Å². The molecule has 0 spiro atoms. The van der Waals surface area contributed by atoms with Gasteiger partial charge in [-0.1, -0.05) is 281 Å². The lowest BCUT2D eigenvalue weighted by atomic mass is 10.1. The molecule has 0 amide bonds. The second-order valence-corrected chi connectivity index (χ2v) is 22.0. The summed E-state index contributed by atoms with van der Waals surface area (Å²) in [6.45, 7) is 6.36. The molecule has 0 saturated carbocycles. The quantitative estimate of drug-likeness (QED) is 0.0261. The number of hydrogen-bond acceptors (Lipinski definition) is 6. The number of hydrogen-bond donors (Lipinski definition) is 0. The first kappa shape index (κ1) is 78.0. The van der Waals surface area contributed by atoms with E-state index in [0.29, 0.717) is 19.3 Å². The summed E-state index contributed by atoms with van der Waals surface area (Å²) in [4.78, 5) is 38.4. The van der Waals surface area contributed by atoms with E-state index in [2.05, 4.69) is 179 Å². The molecule has 0 aromatic rings. The lowest BCUT2D eigenvalue weighted by Crippen LogP contribution is -2.30. The Labute approximate surface area is 511 Å². The van der Waals surface area contributed by atoms with Crippen molar-refractivity contribution in [1.82, 2.24) is 0 Å². The molecule has 6 heteroatoms. The lowest BCUT2D eigenvalue weighted by Gasteiger charge is -2.18. The first-order valence-electron chi connectivity index (χ1n) is 34.0. The van der Waals surface area contributed by atoms with Crippen LogP contribution in [0.5, 0.6) is 0 Å². The van der Waals surface area contributed by atoms with Crippen LogP contribution in [0.15, 0.2) is 158 Å². The maximum atomic E-state index is 12.9. The number of unbranched alkanes of at least 4 members (excludes halogenated alkanes) is 23. The van der Waals surface area contributed by atoms with Gasteiger partial charge >= 0.3 is 17.9 Å². The molecule has 6 nitrogen and oxygen atoms in total. The summed E-state index contributed by atoms with van der Waals surface area (Å²) in [6.07, 6.45) is 101. The minimum Gasteiger partial charge on any atom is -0.462 e. The fraction of sp³-hybridized carbons (Fsp3) is 0.623. The number of esters is 3. The summed E-state index contributed by atoms with van der Waals surface area (Å²) in [5.74, 6) is -0.935. The monoisotopic (exact) mass is 1140 g/mol. The summed E-state index contributed by atoms with van der Waals surface area (Å²) in [6, 6.07) is 0. The number of carbonyl (C=O) groups is 3. The van der Waals surface area contributed by atoms with E-state index in [1.54, 1.807) is 0 Å². The topological polar surface area (TPSA) is 78.9 Å². The SMILES string of the molecule is CC/C=C\C/C=C\C/C=C\C/C=C\C/C=C\C/C=C\C/C=C\CCCCCCCCCCCC(=O)OCC(COC(=O)CCCCCCCCC/C=C\C/C=C\CCCCC)OC(=O)CCCCCC/C=C\C/C=C\C/C=C\C/C=C\CC. The largest absolute Gasteiger partial charge is 0.462 e. The minimum atomic E-state index is -0.806. The molecule has 83 heavy (non-hydrogen) atoms. The van der Waals surface area contributed by atoms with E-state index in [1.807, 2.05) is 0 Å². The number of carbonyl (C=O) groups excluding carboxylic acids is 3. The van der Waals surface area contributed by atoms with E-state index >= 15 is 0 Å². The molecule has 0 bridgehead atoms. The van der Waals surface area contributed by atoms with Crippen LogP contribution in [0.25, 0.3) is 0 Å². The molecule has 0 aromatic carbocycles. The van der Waals surface area contributed by atoms with Gasteiger partial charge in [0.1, 0.15) is 13.2 Å². The van der Waals surface area contributed by atoms with Gasteiger partial charge in [-0.15, -0.1) is 0 Å². The molecule has 0 rings (SSSR count). The highest BCUT2D eigenvalue weighted by atomic mass is 16.6. The van der Waals surface area contributed by atoms with Gasteiger partial charge in [0.25, 0.3) is 0 Å². The third-order valence-corrected chi connectivity index (χ3v) is 14.0. The van der Waals surface area contributed by atoms with Crippen LogP contribution in [0, 0.1) is 0 Å². The smallest absolute Gasteiger partial charge is 0.306 e. The van der Waals surface area contributed by atoms with Crippen LogP contribution >= 0.6 is 0 Å². The summed E-state index contributed by atoms with van der Waals surface area (Å²) in [5.41, 5.74) is 0. The molecule has 468 valence electrons. The van der Waals surface area contributed by atoms with Crippen LogP contribution in [0.2, 0.25) is 0 Å². The van der Waals surface area contributed by atoms with E-state index in [1.165, 1.54) is 89.9 Å². The van der Waals surface area contributed by atoms with E-state index in [4.69, 9.17) is 14.2 Å². The van der Waals surface area contributed by atoms with Crippen molar-refractivity contribution in [3.8, 4) is 0 Å². The fourth-order valence-corrected chi connectivity index (χ4v) is 8.97. The Bertz CT molecular complexity index is 1840. The summed E-state index contributed by atoms with van der Waals surface area (Å²) in [7, 11) is 0. The zero-order chi connectivity index (χ0) is 59.9. The summed E-state index contributed by atoms with van der Waals surface area (Å²) in [5, 5.41) is 0. The second-order valence-electron chi connectivity index (χ2n) is 22.0. The fourth-order valence-electron chi connectivity index (χ4n) is 8.97. The number of rotatable bonds is 60. The highest BCUT2D eigenvalue weighted by molar-refractivity contribution is 5.71. The Morgan fingerprint density at radius 1 is 0.253 bits per heavy atom. The van der Waals surface area contributed by atoms with E-state index < -0.39 is 6.10 Å². The van der Waals surface area contributed by atoms with Gasteiger partial charge in [0, 0.05) is 19.3 Å². The van der Waals surface area contributed by atoms with Crippen LogP contribution in [-0.2, 0) is 28.6 Å². The van der Waals surface area contributed by atoms with Crippen molar-refractivity contribution in [3.63, 3.8) is 0 Å². The third-order valence-electron chi connectivity index (χ3n) is 14.0. The Kier molecular flexibility index (Phi) is 65.4. The molecule has 0 heterocycles. The minimum absolute atomic E-state index is 0.0990. The zero-order valence-corrected chi connectivity index (χ0v) is 53.7. The standard InChI is InChI=1S/C77H124O6/c1-4-7-10-13-16-19-22-25-28-31-32-33-34-35-36-37-38-39-40-41-42-43-44-47-49-52-55-58-61-64-67-70-76(79)82-73-74(83-77(80)71-68-65-62-59-56-53-50-46-30-27-24-21-18-15-12-9-6-3)72-81-75(78)69-66-63-60-57-54-51-48-45-29-26-23-20-17-14-11-8-5-2/h7,9-10,12,16-21,25-30,32-33,35-36,38-39,41-42,50,53,74H,4-6,8,11,13-15,22-24,31,34,37,40,43-49,51-52,54-73H2,1-3H3/b10-7-,12-9-,19-16-,20-17-,21-18-,28-25-,29-26-,30-27-,33-32-,36-35-,39-38-,42-41-,53-50-. The predicted molar refractivity (Wildman–Crippen MR) is 362 cm³/mol. The normalized spacial score (nSPS) is 13.1. The van der Waals surface area contributed by atoms with Crippen molar-refractivity contribution < 1.29 is 28.6 Å². The zero-order valence-electron chi connectivity index (χ0n) is 53.7. The Morgan fingerprint density at radius 2 is 0.470 bits per heavy atom. The van der Waals surface area contributed by atoms with Crippen molar-refractivity contribution >= 4 is 17.9 Å². The first-order valence-corrected chi connectivity index (χ1v) is 34.0. The summed E-state index contributed by atoms with van der Waals surface area (Å²) >= 11 is 0. The lowest BCUT2D eigenvalue weighted by molar-refractivity contribution is -0.167. The van der Waals surface area contributed by atoms with Crippen molar-refractivity contribution in [3.05, 3.63) is 158 Å². The molecule has 0 aromatic heterocycles. The average molecular weight is 1150 g/mol. The molecule has 0 aliphatic carbocycles. The van der Waals surface area contributed by atoms with Gasteiger partial charge in [-0.2, -0.15) is 0 Å². The number of ether oxygens (including phenoxy) is 3. The number of allylic oxidation sites excluding steroid dienone is 26. The van der Waals surface area contributed by atoms with Crippen LogP contribution in [0.3, 0.4) is 0 Å². The molecule has 0 saturated heterocycles. The van der Waals surface area contributed by atoms with Gasteiger partial charge in [-0.25, -0.2) is 0 Å². The Hall–Kier alpha value is -4.97. The van der Waals surface area contributed by atoms with Crippen molar-refractivity contribution in [2.24, 2.45) is 0 Å². The van der Waals surface area contributed by atoms with Crippen molar-refractivity contribution in [2.75, 3.05) is 13.2 Å². The van der Waals surface area contributed by atoms with Crippen LogP contribution in [0.4, 0.5) is 0 Å². The maximum absolute atomic E-state index is 12.9. The summed E-state index contributed by atoms with van der Waals surface area (Å²) < 4.78 is 16.9. The highest BCUT2D eigenvalue weighted by Crippen LogP contribution is 2.15. The van der Waals surface area contributed by atoms with Crippen molar-refractivity contribution in [1.29, 1.82) is 0 Å². The molecule has 0 aliphatic heterocycles. The van der Waals surface area contributed by atoms with E-state index in [9.17, 15) is 14.4 Å². The predicted octanol–water partition coefficient (Wildman–Crippen LogP) is 23.7. The molecule has 1 atom stereocenters. The van der Waals surface area contributed by atoms with Crippen LogP contribution in [0.1, 0.15) is 290 Å². The van der Waals surface area contributed by atoms with Crippen LogP contribution < -0.4 is 0 Å². The van der Waals surface area contributed by atoms with Gasteiger partial charge in [-0.3, -0.25) is 14.4 Å². The Balaban J connectivity index is 4.38. The van der Waals surface area contributed by atoms with Crippen LogP contribution in [-0.4, -0.2) is 37.2 Å². The molecule has 0 fully saturated rings. The molecular weight excluding hydrogens is 1020 g/mol. The Morgan fingerprint density at radius 3 is 0.735 bits per heavy atom. The highest BCUT2D eigenvalue weighted by Gasteiger charge is 2.19. The third kappa shape index (κ3) is 67.7. The van der Waals surface area contributed by atoms with Crippen molar-refractivity contribution in [2.45, 2.75) is 297 Å². The molecule has 0 N–H and O–H groups in total. The first-order chi connectivity index (χ1) is 41.0. The molecule has 0 radical (unpaired) electrons. The second kappa shape index (κ2) is 69.5. The van der Waals surface area contributed by atoms with Gasteiger partial charge in [0.05, 0.1) is 0 Å². The average Bonchev–Trinajstić information content (AvgIpc) is 3.49. The molecular formula is C77H124O6. The molecule has 0 aliphatic rings. The van der Waals surface area contributed by atoms with Gasteiger partial charge < -0.3 is 14.2 Å². The van der Waals surface area contributed by atoms with Gasteiger partial charge in [-0.05, 0) is 148 Å². The molecule has 1 unspecified atom stereocenters. The van der Waals surface area contributed by atoms with Gasteiger partial charge in [0.2, 0.25) is 0 Å². The van der Waals surface area contributed by atoms with Gasteiger partial charge in [0.15, 0.2) is 6.10 Å².